The molecule has 0 aromatic heterocycles. The van der Waals surface area contributed by atoms with Gasteiger partial charge in [-0.3, -0.25) is 0 Å². The molecule has 12 heavy (non-hydrogen) atoms. The average Bonchev–Trinajstić information content (AvgIpc) is 2.33. The molecule has 1 aliphatic carbocycles. The van der Waals surface area contributed by atoms with E-state index >= 15 is 0 Å². The summed E-state index contributed by atoms with van der Waals surface area (Å²) in [6.07, 6.45) is 5.61. The molecule has 0 aromatic carbocycles. The minimum absolute atomic E-state index is 0.875. The second kappa shape index (κ2) is 5.51. The van der Waals surface area contributed by atoms with Crippen molar-refractivity contribution in [1.29, 1.82) is 0 Å². The zero-order valence-electron chi connectivity index (χ0n) is 8.08. The third kappa shape index (κ3) is 9.88. The maximum absolute atomic E-state index is 8.08. The predicted molar refractivity (Wildman–Crippen MR) is 49.5 cm³/mol. The monoisotopic (exact) mass is 175 g/mol. The van der Waals surface area contributed by atoms with Gasteiger partial charge in [0, 0.05) is 0 Å². The molecule has 0 unspecified atom stereocenters. The van der Waals surface area contributed by atoms with Crippen LogP contribution in [0.3, 0.4) is 0 Å². The van der Waals surface area contributed by atoms with Crippen molar-refractivity contribution in [3.8, 4) is 0 Å². The van der Waals surface area contributed by atoms with Crippen molar-refractivity contribution < 1.29 is 10.2 Å². The summed E-state index contributed by atoms with van der Waals surface area (Å²) in [6, 6.07) is 0. The van der Waals surface area contributed by atoms with E-state index < -0.39 is 5.79 Å². The smallest absolute Gasteiger partial charge is 0.156 e. The van der Waals surface area contributed by atoms with Gasteiger partial charge in [-0.1, -0.05) is 12.8 Å². The first-order valence-electron chi connectivity index (χ1n) is 4.58. The van der Waals surface area contributed by atoms with Gasteiger partial charge in [-0.15, -0.1) is 0 Å². The Hall–Kier alpha value is -0.120. The lowest BCUT2D eigenvalue weighted by atomic mass is 10.1. The maximum Gasteiger partial charge on any atom is 0.156 e. The minimum Gasteiger partial charge on any atom is -0.366 e. The molecule has 3 heteroatoms. The topological polar surface area (TPSA) is 66.5 Å². The third-order valence-electron chi connectivity index (χ3n) is 1.81. The van der Waals surface area contributed by atoms with Crippen LogP contribution < -0.4 is 5.73 Å². The van der Waals surface area contributed by atoms with Gasteiger partial charge in [0.2, 0.25) is 0 Å². The van der Waals surface area contributed by atoms with Crippen LogP contribution in [0.2, 0.25) is 0 Å². The SMILES string of the molecule is CC(C)(O)O.NCC1CCCC1. The Morgan fingerprint density at radius 1 is 1.25 bits per heavy atom. The van der Waals surface area contributed by atoms with Gasteiger partial charge in [0.15, 0.2) is 5.79 Å². The van der Waals surface area contributed by atoms with E-state index in [4.69, 9.17) is 15.9 Å². The Labute approximate surface area is 74.6 Å². The Bertz CT molecular complexity index is 97.6. The molecule has 1 saturated carbocycles. The first-order valence-corrected chi connectivity index (χ1v) is 4.58. The molecule has 0 heterocycles. The zero-order valence-corrected chi connectivity index (χ0v) is 8.08. The molecule has 0 aliphatic heterocycles. The van der Waals surface area contributed by atoms with E-state index in [2.05, 4.69) is 0 Å². The number of aliphatic hydroxyl groups is 2. The molecule has 0 amide bonds. The average molecular weight is 175 g/mol. The number of hydrogen-bond acceptors (Lipinski definition) is 3. The molecule has 3 nitrogen and oxygen atoms in total. The molecule has 4 N–H and O–H groups in total. The fourth-order valence-corrected chi connectivity index (χ4v) is 1.25. The van der Waals surface area contributed by atoms with E-state index in [1.165, 1.54) is 39.5 Å². The van der Waals surface area contributed by atoms with Gasteiger partial charge < -0.3 is 15.9 Å². The standard InChI is InChI=1S/C6H13N.C3H8O2/c7-5-6-3-1-2-4-6;1-3(2,4)5/h6H,1-5,7H2;4-5H,1-2H3. The van der Waals surface area contributed by atoms with Crippen LogP contribution in [0.1, 0.15) is 39.5 Å². The Kier molecular flexibility index (Phi) is 5.46. The molecular formula is C9H21NO2. The third-order valence-corrected chi connectivity index (χ3v) is 1.81. The van der Waals surface area contributed by atoms with Crippen molar-refractivity contribution in [2.24, 2.45) is 11.7 Å². The molecule has 0 spiro atoms. The van der Waals surface area contributed by atoms with E-state index in [1.54, 1.807) is 0 Å². The van der Waals surface area contributed by atoms with Crippen molar-refractivity contribution in [2.75, 3.05) is 6.54 Å². The quantitative estimate of drug-likeness (QED) is 0.517. The molecule has 1 fully saturated rings. The summed E-state index contributed by atoms with van der Waals surface area (Å²) < 4.78 is 0. The molecule has 0 aromatic rings. The van der Waals surface area contributed by atoms with Crippen LogP contribution in [0.5, 0.6) is 0 Å². The van der Waals surface area contributed by atoms with Gasteiger partial charge >= 0.3 is 0 Å². The minimum atomic E-state index is -1.50. The lowest BCUT2D eigenvalue weighted by Crippen LogP contribution is -2.15. The lowest BCUT2D eigenvalue weighted by molar-refractivity contribution is -0.127. The molecule has 0 atom stereocenters. The van der Waals surface area contributed by atoms with E-state index in [0.29, 0.717) is 0 Å². The normalized spacial score (nSPS) is 18.8. The van der Waals surface area contributed by atoms with Crippen molar-refractivity contribution in [2.45, 2.75) is 45.3 Å². The number of rotatable bonds is 1. The summed E-state index contributed by atoms with van der Waals surface area (Å²) in [5, 5.41) is 16.2. The highest BCUT2D eigenvalue weighted by Gasteiger charge is 2.11. The highest BCUT2D eigenvalue weighted by Crippen LogP contribution is 2.22. The van der Waals surface area contributed by atoms with Crippen LogP contribution in [0.25, 0.3) is 0 Å². The van der Waals surface area contributed by atoms with Gasteiger partial charge in [0.25, 0.3) is 0 Å². The van der Waals surface area contributed by atoms with Crippen molar-refractivity contribution in [1.82, 2.24) is 0 Å². The molecule has 0 saturated heterocycles. The summed E-state index contributed by atoms with van der Waals surface area (Å²) in [6.45, 7) is 3.51. The summed E-state index contributed by atoms with van der Waals surface area (Å²) in [5.74, 6) is -0.625. The van der Waals surface area contributed by atoms with Gasteiger partial charge in [0.05, 0.1) is 0 Å². The van der Waals surface area contributed by atoms with E-state index in [-0.39, 0.29) is 0 Å². The fourth-order valence-electron chi connectivity index (χ4n) is 1.25. The fraction of sp³-hybridized carbons (Fsp3) is 1.00. The zero-order chi connectivity index (χ0) is 9.61. The van der Waals surface area contributed by atoms with Crippen LogP contribution in [0.15, 0.2) is 0 Å². The van der Waals surface area contributed by atoms with Crippen molar-refractivity contribution in [3.05, 3.63) is 0 Å². The Morgan fingerprint density at radius 3 is 1.75 bits per heavy atom. The highest BCUT2D eigenvalue weighted by molar-refractivity contribution is 4.66. The highest BCUT2D eigenvalue weighted by atomic mass is 16.5. The summed E-state index contributed by atoms with van der Waals surface area (Å²) >= 11 is 0. The maximum atomic E-state index is 8.08. The van der Waals surface area contributed by atoms with E-state index in [1.807, 2.05) is 0 Å². The molecular weight excluding hydrogens is 154 g/mol. The number of nitrogens with two attached hydrogens (primary N) is 1. The van der Waals surface area contributed by atoms with Crippen LogP contribution in [0.4, 0.5) is 0 Å². The van der Waals surface area contributed by atoms with Gasteiger partial charge in [-0.25, -0.2) is 0 Å². The van der Waals surface area contributed by atoms with Crippen molar-refractivity contribution >= 4 is 0 Å². The Morgan fingerprint density at radius 2 is 1.58 bits per heavy atom. The second-order valence-electron chi connectivity index (χ2n) is 3.88. The van der Waals surface area contributed by atoms with Crippen LogP contribution >= 0.6 is 0 Å². The number of hydrogen-bond donors (Lipinski definition) is 3. The second-order valence-corrected chi connectivity index (χ2v) is 3.88. The summed E-state index contributed by atoms with van der Waals surface area (Å²) in [7, 11) is 0. The van der Waals surface area contributed by atoms with Gasteiger partial charge in [-0.2, -0.15) is 0 Å². The summed E-state index contributed by atoms with van der Waals surface area (Å²) in [4.78, 5) is 0. The Balaban J connectivity index is 0.000000217. The van der Waals surface area contributed by atoms with Crippen molar-refractivity contribution in [3.63, 3.8) is 0 Å². The summed E-state index contributed by atoms with van der Waals surface area (Å²) in [5.41, 5.74) is 5.43. The predicted octanol–water partition coefficient (Wildman–Crippen LogP) is 0.842. The first-order chi connectivity index (χ1) is 5.43. The largest absolute Gasteiger partial charge is 0.366 e. The van der Waals surface area contributed by atoms with Gasteiger partial charge in [0.1, 0.15) is 0 Å². The van der Waals surface area contributed by atoms with Crippen LogP contribution in [-0.2, 0) is 0 Å². The molecule has 0 bridgehead atoms. The molecule has 1 rings (SSSR count). The first kappa shape index (κ1) is 11.9. The van der Waals surface area contributed by atoms with Crippen LogP contribution in [-0.4, -0.2) is 22.5 Å². The molecule has 0 radical (unpaired) electrons. The van der Waals surface area contributed by atoms with Crippen LogP contribution in [0, 0.1) is 5.92 Å². The molecule has 74 valence electrons. The molecule has 1 aliphatic rings. The van der Waals surface area contributed by atoms with E-state index in [9.17, 15) is 0 Å². The van der Waals surface area contributed by atoms with E-state index in [0.717, 1.165) is 12.5 Å². The lowest BCUT2D eigenvalue weighted by Gasteiger charge is -2.03. The van der Waals surface area contributed by atoms with Gasteiger partial charge in [-0.05, 0) is 39.2 Å².